The largest absolute Gasteiger partial charge is 0.443 e. The number of aliphatic imine (C=N–C) groups is 1. The zero-order valence-corrected chi connectivity index (χ0v) is 14.6. The molecule has 22 heavy (non-hydrogen) atoms. The second kappa shape index (κ2) is 9.53. The van der Waals surface area contributed by atoms with E-state index in [1.54, 1.807) is 24.6 Å². The Balaban J connectivity index is 1.74. The number of nitrogens with one attached hydrogen (secondary N) is 2. The van der Waals surface area contributed by atoms with Gasteiger partial charge in [-0.3, -0.25) is 4.99 Å². The lowest BCUT2D eigenvalue weighted by molar-refractivity contribution is 0.573. The smallest absolute Gasteiger partial charge is 0.236 e. The SMILES string of the molecule is CN=C(NCCCCSC)NCc1coc(-c2cccs2)n1. The third-order valence-electron chi connectivity index (χ3n) is 3.01. The molecule has 5 nitrogen and oxygen atoms in total. The number of oxazole rings is 1. The molecule has 2 aromatic rings. The summed E-state index contributed by atoms with van der Waals surface area (Å²) in [4.78, 5) is 9.73. The van der Waals surface area contributed by atoms with E-state index >= 15 is 0 Å². The minimum atomic E-state index is 0.597. The maximum Gasteiger partial charge on any atom is 0.236 e. The minimum absolute atomic E-state index is 0.597. The van der Waals surface area contributed by atoms with Gasteiger partial charge in [-0.15, -0.1) is 11.3 Å². The zero-order chi connectivity index (χ0) is 15.6. The number of guanidine groups is 1. The molecule has 0 aliphatic rings. The Kier molecular flexibility index (Phi) is 7.32. The van der Waals surface area contributed by atoms with Gasteiger partial charge in [0.1, 0.15) is 6.26 Å². The van der Waals surface area contributed by atoms with Crippen molar-refractivity contribution in [1.82, 2.24) is 15.6 Å². The number of hydrogen-bond donors (Lipinski definition) is 2. The first kappa shape index (κ1) is 16.9. The molecule has 2 heterocycles. The highest BCUT2D eigenvalue weighted by atomic mass is 32.2. The van der Waals surface area contributed by atoms with Crippen molar-refractivity contribution in [2.24, 2.45) is 4.99 Å². The van der Waals surface area contributed by atoms with Crippen LogP contribution in [-0.4, -0.2) is 36.5 Å². The standard InChI is InChI=1S/C15H22N4OS2/c1-16-15(17-7-3-4-8-21-2)18-10-12-11-20-14(19-12)13-6-5-9-22-13/h5-6,9,11H,3-4,7-8,10H2,1-2H3,(H2,16,17,18). The molecule has 120 valence electrons. The average molecular weight is 339 g/mol. The van der Waals surface area contributed by atoms with Gasteiger partial charge in [0.25, 0.3) is 0 Å². The summed E-state index contributed by atoms with van der Waals surface area (Å²) in [6.45, 7) is 1.53. The number of hydrogen-bond acceptors (Lipinski definition) is 5. The molecule has 7 heteroatoms. The van der Waals surface area contributed by atoms with Crippen molar-refractivity contribution in [2.45, 2.75) is 19.4 Å². The van der Waals surface area contributed by atoms with Crippen molar-refractivity contribution in [3.8, 4) is 10.8 Å². The molecular weight excluding hydrogens is 316 g/mol. The van der Waals surface area contributed by atoms with E-state index in [1.165, 1.54) is 12.2 Å². The van der Waals surface area contributed by atoms with Crippen molar-refractivity contribution < 1.29 is 4.42 Å². The van der Waals surface area contributed by atoms with E-state index < -0.39 is 0 Å². The molecule has 0 aliphatic carbocycles. The highest BCUT2D eigenvalue weighted by molar-refractivity contribution is 7.98. The lowest BCUT2D eigenvalue weighted by Crippen LogP contribution is -2.37. The summed E-state index contributed by atoms with van der Waals surface area (Å²) in [5.74, 6) is 2.68. The number of unbranched alkanes of at least 4 members (excludes halogenated alkanes) is 1. The van der Waals surface area contributed by atoms with Gasteiger partial charge in [-0.1, -0.05) is 6.07 Å². The zero-order valence-electron chi connectivity index (χ0n) is 13.0. The predicted molar refractivity (Wildman–Crippen MR) is 95.6 cm³/mol. The fourth-order valence-corrected chi connectivity index (χ4v) is 3.02. The van der Waals surface area contributed by atoms with Crippen molar-refractivity contribution >= 4 is 29.1 Å². The van der Waals surface area contributed by atoms with Gasteiger partial charge in [0.05, 0.1) is 17.1 Å². The minimum Gasteiger partial charge on any atom is -0.443 e. The molecule has 0 saturated carbocycles. The van der Waals surface area contributed by atoms with E-state index in [9.17, 15) is 0 Å². The van der Waals surface area contributed by atoms with E-state index in [4.69, 9.17) is 4.42 Å². The Hall–Kier alpha value is -1.47. The van der Waals surface area contributed by atoms with Crippen LogP contribution in [-0.2, 0) is 6.54 Å². The lowest BCUT2D eigenvalue weighted by atomic mass is 10.3. The van der Waals surface area contributed by atoms with Crippen LogP contribution in [0.15, 0.2) is 33.2 Å². The molecule has 0 unspecified atom stereocenters. The quantitative estimate of drug-likeness (QED) is 0.440. The lowest BCUT2D eigenvalue weighted by Gasteiger charge is -2.10. The van der Waals surface area contributed by atoms with Gasteiger partial charge in [-0.05, 0) is 36.3 Å². The molecule has 0 amide bonds. The van der Waals surface area contributed by atoms with Crippen LogP contribution in [0.5, 0.6) is 0 Å². The summed E-state index contributed by atoms with van der Waals surface area (Å²) in [6, 6.07) is 3.99. The number of aromatic nitrogens is 1. The molecule has 0 aromatic carbocycles. The van der Waals surface area contributed by atoms with Gasteiger partial charge in [0.2, 0.25) is 5.89 Å². The van der Waals surface area contributed by atoms with Crippen LogP contribution in [0.1, 0.15) is 18.5 Å². The van der Waals surface area contributed by atoms with Gasteiger partial charge in [0.15, 0.2) is 5.96 Å². The van der Waals surface area contributed by atoms with Gasteiger partial charge in [-0.2, -0.15) is 11.8 Å². The number of nitrogens with zero attached hydrogens (tertiary/aromatic N) is 2. The van der Waals surface area contributed by atoms with Gasteiger partial charge in [-0.25, -0.2) is 4.98 Å². The molecule has 0 fully saturated rings. The Morgan fingerprint density at radius 2 is 2.32 bits per heavy atom. The van der Waals surface area contributed by atoms with Crippen LogP contribution >= 0.6 is 23.1 Å². The van der Waals surface area contributed by atoms with Crippen molar-refractivity contribution in [1.29, 1.82) is 0 Å². The number of rotatable bonds is 8. The molecule has 2 N–H and O–H groups in total. The van der Waals surface area contributed by atoms with Crippen molar-refractivity contribution in [3.63, 3.8) is 0 Å². The van der Waals surface area contributed by atoms with Crippen LogP contribution in [0.3, 0.4) is 0 Å². The molecule has 0 aliphatic heterocycles. The first-order valence-electron chi connectivity index (χ1n) is 7.25. The van der Waals surface area contributed by atoms with E-state index in [1.807, 2.05) is 29.3 Å². The summed E-state index contributed by atoms with van der Waals surface area (Å²) >= 11 is 3.50. The Bertz CT molecular complexity index is 566. The first-order chi connectivity index (χ1) is 10.8. The summed E-state index contributed by atoms with van der Waals surface area (Å²) in [6.07, 6.45) is 6.19. The van der Waals surface area contributed by atoms with Crippen LogP contribution in [0.25, 0.3) is 10.8 Å². The summed E-state index contributed by atoms with van der Waals surface area (Å²) in [5.41, 5.74) is 0.869. The summed E-state index contributed by atoms with van der Waals surface area (Å²) in [7, 11) is 1.77. The second-order valence-corrected chi connectivity index (χ2v) is 6.61. The molecule has 0 saturated heterocycles. The molecule has 0 bridgehead atoms. The summed E-state index contributed by atoms with van der Waals surface area (Å²) in [5, 5.41) is 8.57. The van der Waals surface area contributed by atoms with Crippen LogP contribution in [0.2, 0.25) is 0 Å². The van der Waals surface area contributed by atoms with Crippen LogP contribution in [0.4, 0.5) is 0 Å². The second-order valence-electron chi connectivity index (χ2n) is 4.67. The first-order valence-corrected chi connectivity index (χ1v) is 9.52. The van der Waals surface area contributed by atoms with E-state index in [0.717, 1.165) is 29.5 Å². The monoisotopic (exact) mass is 338 g/mol. The molecule has 0 radical (unpaired) electrons. The third kappa shape index (κ3) is 5.38. The maximum absolute atomic E-state index is 5.50. The molecule has 2 aromatic heterocycles. The Morgan fingerprint density at radius 3 is 3.05 bits per heavy atom. The van der Waals surface area contributed by atoms with Crippen LogP contribution < -0.4 is 10.6 Å². The van der Waals surface area contributed by atoms with Crippen LogP contribution in [0, 0.1) is 0 Å². The molecule has 0 spiro atoms. The molecule has 2 rings (SSSR count). The van der Waals surface area contributed by atoms with E-state index in [2.05, 4.69) is 26.9 Å². The molecule has 0 atom stereocenters. The van der Waals surface area contributed by atoms with Crippen molar-refractivity contribution in [3.05, 3.63) is 29.5 Å². The van der Waals surface area contributed by atoms with Gasteiger partial charge in [0, 0.05) is 13.6 Å². The molecular formula is C15H22N4OS2. The van der Waals surface area contributed by atoms with Crippen molar-refractivity contribution in [2.75, 3.05) is 25.6 Å². The van der Waals surface area contributed by atoms with E-state index in [0.29, 0.717) is 12.4 Å². The topological polar surface area (TPSA) is 62.5 Å². The normalized spacial score (nSPS) is 11.6. The Labute approximate surface area is 139 Å². The average Bonchev–Trinajstić information content (AvgIpc) is 3.20. The fourth-order valence-electron chi connectivity index (χ4n) is 1.87. The highest BCUT2D eigenvalue weighted by Crippen LogP contribution is 2.23. The third-order valence-corrected chi connectivity index (χ3v) is 4.57. The van der Waals surface area contributed by atoms with E-state index in [-0.39, 0.29) is 0 Å². The predicted octanol–water partition coefficient (Wildman–Crippen LogP) is 3.21. The van der Waals surface area contributed by atoms with Gasteiger partial charge < -0.3 is 15.1 Å². The Morgan fingerprint density at radius 1 is 1.41 bits per heavy atom. The highest BCUT2D eigenvalue weighted by Gasteiger charge is 2.07. The number of thioether (sulfide) groups is 1. The van der Waals surface area contributed by atoms with Gasteiger partial charge >= 0.3 is 0 Å². The number of thiophene rings is 1. The maximum atomic E-state index is 5.50. The summed E-state index contributed by atoms with van der Waals surface area (Å²) < 4.78 is 5.50. The fraction of sp³-hybridized carbons (Fsp3) is 0.467.